The maximum absolute atomic E-state index is 12.0. The summed E-state index contributed by atoms with van der Waals surface area (Å²) >= 11 is 5.94. The number of halogens is 1. The van der Waals surface area contributed by atoms with Crippen molar-refractivity contribution >= 4 is 38.8 Å². The molecule has 2 aromatic rings. The molecule has 9 heteroatoms. The highest BCUT2D eigenvalue weighted by Crippen LogP contribution is 2.29. The Morgan fingerprint density at radius 2 is 1.96 bits per heavy atom. The maximum atomic E-state index is 12.0. The fraction of sp³-hybridized carbons (Fsp3) is 0.333. The Balaban J connectivity index is 1.86. The van der Waals surface area contributed by atoms with E-state index in [2.05, 4.69) is 20.0 Å². The molecule has 7 nitrogen and oxygen atoms in total. The van der Waals surface area contributed by atoms with E-state index in [9.17, 15) is 8.42 Å². The van der Waals surface area contributed by atoms with Crippen molar-refractivity contribution in [1.29, 1.82) is 0 Å². The molecular weight excluding hydrogens is 352 g/mol. The second-order valence-corrected chi connectivity index (χ2v) is 8.24. The van der Waals surface area contributed by atoms with Gasteiger partial charge in [0, 0.05) is 11.3 Å². The van der Waals surface area contributed by atoms with Gasteiger partial charge in [-0.25, -0.2) is 18.4 Å². The van der Waals surface area contributed by atoms with Crippen LogP contribution in [0.3, 0.4) is 0 Å². The number of sulfonamides is 1. The molecule has 0 aliphatic carbocycles. The third-order valence-electron chi connectivity index (χ3n) is 3.56. The second kappa shape index (κ2) is 6.54. The third-order valence-corrected chi connectivity index (χ3v) is 5.49. The van der Waals surface area contributed by atoms with Crippen molar-refractivity contribution in [3.8, 4) is 0 Å². The largest absolute Gasteiger partial charge is 0.370 e. The van der Waals surface area contributed by atoms with Crippen LogP contribution >= 0.6 is 11.6 Å². The molecule has 1 aromatic carbocycles. The van der Waals surface area contributed by atoms with Gasteiger partial charge in [-0.15, -0.1) is 0 Å². The van der Waals surface area contributed by atoms with Crippen molar-refractivity contribution in [2.24, 2.45) is 0 Å². The van der Waals surface area contributed by atoms with Gasteiger partial charge in [0.25, 0.3) is 0 Å². The molecule has 0 bridgehead atoms. The molecule has 24 heavy (non-hydrogen) atoms. The molecule has 0 atom stereocenters. The zero-order valence-electron chi connectivity index (χ0n) is 13.2. The van der Waals surface area contributed by atoms with Gasteiger partial charge in [-0.1, -0.05) is 6.07 Å². The summed E-state index contributed by atoms with van der Waals surface area (Å²) < 4.78 is 31.9. The van der Waals surface area contributed by atoms with Crippen molar-refractivity contribution in [1.82, 2.24) is 9.97 Å². The summed E-state index contributed by atoms with van der Waals surface area (Å²) in [6.45, 7) is 4.06. The summed E-state index contributed by atoms with van der Waals surface area (Å²) in [5.41, 5.74) is 2.77. The van der Waals surface area contributed by atoms with Crippen LogP contribution < -0.4 is 10.0 Å². The van der Waals surface area contributed by atoms with Crippen LogP contribution in [-0.4, -0.2) is 23.6 Å². The van der Waals surface area contributed by atoms with Gasteiger partial charge < -0.3 is 10.1 Å². The van der Waals surface area contributed by atoms with Crippen LogP contribution in [0.2, 0.25) is 5.28 Å². The van der Waals surface area contributed by atoms with Crippen molar-refractivity contribution in [3.63, 3.8) is 0 Å². The number of aromatic nitrogens is 2. The predicted octanol–water partition coefficient (Wildman–Crippen LogP) is 3.05. The van der Waals surface area contributed by atoms with E-state index in [1.54, 1.807) is 32.0 Å². The SMILES string of the molecule is CC(C)S(=O)(=O)Nc1cccc(Nc2nc(Cl)nc3c2COC3)c1. The lowest BCUT2D eigenvalue weighted by atomic mass is 10.2. The number of hydrogen-bond donors (Lipinski definition) is 2. The average Bonchev–Trinajstić information content (AvgIpc) is 2.95. The molecular formula is C15H17ClN4O3S. The quantitative estimate of drug-likeness (QED) is 0.788. The van der Waals surface area contributed by atoms with Gasteiger partial charge in [-0.05, 0) is 43.6 Å². The molecule has 0 spiro atoms. The summed E-state index contributed by atoms with van der Waals surface area (Å²) in [6, 6.07) is 6.94. The second-order valence-electron chi connectivity index (χ2n) is 5.66. The van der Waals surface area contributed by atoms with Gasteiger partial charge in [-0.3, -0.25) is 4.72 Å². The number of benzene rings is 1. The standard InChI is InChI=1S/C15H17ClN4O3S/c1-9(2)24(21,22)20-11-5-3-4-10(6-11)17-14-12-7-23-8-13(12)18-15(16)19-14/h3-6,9,20H,7-8H2,1-2H3,(H,17,18,19). The first kappa shape index (κ1) is 16.9. The Hall–Kier alpha value is -1.90. The lowest BCUT2D eigenvalue weighted by molar-refractivity contribution is 0.133. The molecule has 2 N–H and O–H groups in total. The number of ether oxygens (including phenoxy) is 1. The van der Waals surface area contributed by atoms with Gasteiger partial charge >= 0.3 is 0 Å². The molecule has 0 saturated carbocycles. The molecule has 1 aliphatic rings. The highest BCUT2D eigenvalue weighted by atomic mass is 35.5. The first-order valence-electron chi connectivity index (χ1n) is 7.37. The van der Waals surface area contributed by atoms with Crippen LogP contribution in [0, 0.1) is 0 Å². The normalized spacial score (nSPS) is 13.8. The number of anilines is 3. The van der Waals surface area contributed by atoms with E-state index in [0.29, 0.717) is 30.4 Å². The number of hydrogen-bond acceptors (Lipinski definition) is 6. The van der Waals surface area contributed by atoms with Crippen LogP contribution in [0.25, 0.3) is 0 Å². The Kier molecular flexibility index (Phi) is 4.62. The van der Waals surface area contributed by atoms with E-state index in [-0.39, 0.29) is 5.28 Å². The monoisotopic (exact) mass is 368 g/mol. The van der Waals surface area contributed by atoms with Crippen molar-refractivity contribution < 1.29 is 13.2 Å². The highest BCUT2D eigenvalue weighted by Gasteiger charge is 2.20. The van der Waals surface area contributed by atoms with E-state index in [1.807, 2.05) is 6.07 Å². The smallest absolute Gasteiger partial charge is 0.235 e. The number of nitrogens with zero attached hydrogens (tertiary/aromatic N) is 2. The predicted molar refractivity (Wildman–Crippen MR) is 92.9 cm³/mol. The summed E-state index contributed by atoms with van der Waals surface area (Å²) in [4.78, 5) is 8.34. The Morgan fingerprint density at radius 1 is 1.21 bits per heavy atom. The van der Waals surface area contributed by atoms with Crippen molar-refractivity contribution in [2.45, 2.75) is 32.3 Å². The minimum Gasteiger partial charge on any atom is -0.370 e. The lowest BCUT2D eigenvalue weighted by Crippen LogP contribution is -2.22. The topological polar surface area (TPSA) is 93.2 Å². The molecule has 2 heterocycles. The van der Waals surface area contributed by atoms with Crippen LogP contribution in [0.5, 0.6) is 0 Å². The van der Waals surface area contributed by atoms with E-state index in [4.69, 9.17) is 16.3 Å². The fourth-order valence-electron chi connectivity index (χ4n) is 2.20. The molecule has 128 valence electrons. The van der Waals surface area contributed by atoms with Gasteiger partial charge in [0.2, 0.25) is 15.3 Å². The maximum Gasteiger partial charge on any atom is 0.235 e. The van der Waals surface area contributed by atoms with Crippen LogP contribution in [0.4, 0.5) is 17.2 Å². The van der Waals surface area contributed by atoms with Crippen LogP contribution in [0.1, 0.15) is 25.1 Å². The van der Waals surface area contributed by atoms with Crippen molar-refractivity contribution in [2.75, 3.05) is 10.0 Å². The van der Waals surface area contributed by atoms with E-state index in [1.165, 1.54) is 0 Å². The Morgan fingerprint density at radius 3 is 2.71 bits per heavy atom. The van der Waals surface area contributed by atoms with Gasteiger partial charge in [0.05, 0.1) is 29.8 Å². The molecule has 1 aromatic heterocycles. The molecule has 0 radical (unpaired) electrons. The van der Waals surface area contributed by atoms with E-state index >= 15 is 0 Å². The van der Waals surface area contributed by atoms with E-state index in [0.717, 1.165) is 11.3 Å². The number of nitrogens with one attached hydrogen (secondary N) is 2. The number of rotatable bonds is 5. The highest BCUT2D eigenvalue weighted by molar-refractivity contribution is 7.93. The van der Waals surface area contributed by atoms with Gasteiger partial charge in [0.1, 0.15) is 5.82 Å². The van der Waals surface area contributed by atoms with Crippen LogP contribution in [0.15, 0.2) is 24.3 Å². The molecule has 0 saturated heterocycles. The summed E-state index contributed by atoms with van der Waals surface area (Å²) in [5, 5.41) is 2.77. The lowest BCUT2D eigenvalue weighted by Gasteiger charge is -2.13. The van der Waals surface area contributed by atoms with Gasteiger partial charge in [0.15, 0.2) is 0 Å². The number of fused-ring (bicyclic) bond motifs is 1. The van der Waals surface area contributed by atoms with E-state index < -0.39 is 15.3 Å². The average molecular weight is 369 g/mol. The van der Waals surface area contributed by atoms with Crippen LogP contribution in [-0.2, 0) is 28.0 Å². The zero-order chi connectivity index (χ0) is 17.3. The van der Waals surface area contributed by atoms with Gasteiger partial charge in [-0.2, -0.15) is 0 Å². The summed E-state index contributed by atoms with van der Waals surface area (Å²) in [6.07, 6.45) is 0. The first-order chi connectivity index (χ1) is 11.3. The van der Waals surface area contributed by atoms with Crippen molar-refractivity contribution in [3.05, 3.63) is 40.8 Å². The first-order valence-corrected chi connectivity index (χ1v) is 9.29. The molecule has 0 fully saturated rings. The Labute approximate surface area is 145 Å². The Bertz CT molecular complexity index is 871. The summed E-state index contributed by atoms with van der Waals surface area (Å²) in [5.74, 6) is 0.561. The zero-order valence-corrected chi connectivity index (χ0v) is 14.8. The minimum absolute atomic E-state index is 0.137. The summed E-state index contributed by atoms with van der Waals surface area (Å²) in [7, 11) is -3.40. The fourth-order valence-corrected chi connectivity index (χ4v) is 3.08. The minimum atomic E-state index is -3.40. The molecule has 3 rings (SSSR count). The molecule has 1 aliphatic heterocycles. The molecule has 0 amide bonds. The molecule has 0 unspecified atom stereocenters. The third kappa shape index (κ3) is 3.61.